The summed E-state index contributed by atoms with van der Waals surface area (Å²) in [7, 11) is 0. The molecule has 1 heterocycles. The summed E-state index contributed by atoms with van der Waals surface area (Å²) in [5.41, 5.74) is 1.08. The van der Waals surface area contributed by atoms with Gasteiger partial charge in [-0.3, -0.25) is 4.79 Å². The predicted molar refractivity (Wildman–Crippen MR) is 96.4 cm³/mol. The second-order valence-corrected chi connectivity index (χ2v) is 7.46. The minimum absolute atomic E-state index is 0.177. The smallest absolute Gasteiger partial charge is 0.238 e. The van der Waals surface area contributed by atoms with Crippen molar-refractivity contribution in [2.24, 2.45) is 5.92 Å². The molecule has 1 saturated heterocycles. The summed E-state index contributed by atoms with van der Waals surface area (Å²) in [5, 5.41) is 31.9. The standard InChI is InChI=1S/C19H27FN2O5/c1-11(23)21-9-15-10-22(19(26)27-15)14-5-4-13(16(20)8-14)3-2-12-6-17(24)18(25)7-12/h4-5,8,12,15,17-19,24-26H,2-3,6-7,9-10H2,1H3,(H,21,23). The molecule has 0 radical (unpaired) electrons. The van der Waals surface area contributed by atoms with Crippen molar-refractivity contribution in [1.82, 2.24) is 5.32 Å². The normalized spacial score (nSPS) is 30.7. The largest absolute Gasteiger partial charge is 0.390 e. The molecule has 0 bridgehead atoms. The van der Waals surface area contributed by atoms with E-state index in [1.165, 1.54) is 13.0 Å². The summed E-state index contributed by atoms with van der Waals surface area (Å²) >= 11 is 0. The van der Waals surface area contributed by atoms with Crippen LogP contribution in [0.2, 0.25) is 0 Å². The van der Waals surface area contributed by atoms with Crippen LogP contribution in [0, 0.1) is 11.7 Å². The number of anilines is 1. The zero-order valence-corrected chi connectivity index (χ0v) is 15.3. The molecule has 7 nitrogen and oxygen atoms in total. The van der Waals surface area contributed by atoms with Crippen molar-refractivity contribution < 1.29 is 29.2 Å². The van der Waals surface area contributed by atoms with Gasteiger partial charge in [-0.2, -0.15) is 0 Å². The van der Waals surface area contributed by atoms with Crippen molar-refractivity contribution in [3.63, 3.8) is 0 Å². The molecule has 1 aromatic rings. The van der Waals surface area contributed by atoms with Crippen LogP contribution >= 0.6 is 0 Å². The lowest BCUT2D eigenvalue weighted by Crippen LogP contribution is -2.33. The molecule has 0 spiro atoms. The van der Waals surface area contributed by atoms with Gasteiger partial charge in [0.15, 0.2) is 0 Å². The van der Waals surface area contributed by atoms with Crippen LogP contribution in [0.1, 0.15) is 31.7 Å². The fourth-order valence-electron chi connectivity index (χ4n) is 3.81. The quantitative estimate of drug-likeness (QED) is 0.572. The Bertz CT molecular complexity index is 664. The van der Waals surface area contributed by atoms with Gasteiger partial charge in [-0.1, -0.05) is 6.07 Å². The zero-order valence-electron chi connectivity index (χ0n) is 15.3. The maximum absolute atomic E-state index is 14.5. The van der Waals surface area contributed by atoms with Gasteiger partial charge in [-0.15, -0.1) is 0 Å². The van der Waals surface area contributed by atoms with Crippen LogP contribution in [-0.2, 0) is 16.0 Å². The fraction of sp³-hybridized carbons (Fsp3) is 0.632. The molecular weight excluding hydrogens is 355 g/mol. The lowest BCUT2D eigenvalue weighted by atomic mass is 9.97. The average Bonchev–Trinajstić information content (AvgIpc) is 3.14. The highest BCUT2D eigenvalue weighted by Gasteiger charge is 2.33. The first-order chi connectivity index (χ1) is 12.8. The number of nitrogens with one attached hydrogen (secondary N) is 1. The monoisotopic (exact) mass is 382 g/mol. The molecule has 27 heavy (non-hydrogen) atoms. The number of hydrogen-bond donors (Lipinski definition) is 4. The lowest BCUT2D eigenvalue weighted by molar-refractivity contribution is -0.121. The van der Waals surface area contributed by atoms with Gasteiger partial charge in [0.25, 0.3) is 0 Å². The van der Waals surface area contributed by atoms with Crippen LogP contribution in [0.15, 0.2) is 18.2 Å². The van der Waals surface area contributed by atoms with Crippen molar-refractivity contribution >= 4 is 11.6 Å². The molecule has 2 fully saturated rings. The number of aliphatic hydroxyl groups is 3. The highest BCUT2D eigenvalue weighted by atomic mass is 19.1. The third-order valence-corrected chi connectivity index (χ3v) is 5.34. The topological polar surface area (TPSA) is 102 Å². The van der Waals surface area contributed by atoms with E-state index in [0.29, 0.717) is 43.5 Å². The second-order valence-electron chi connectivity index (χ2n) is 7.46. The van der Waals surface area contributed by atoms with Crippen molar-refractivity contribution in [1.29, 1.82) is 0 Å². The lowest BCUT2D eigenvalue weighted by Gasteiger charge is -2.21. The van der Waals surface area contributed by atoms with E-state index in [2.05, 4.69) is 5.32 Å². The van der Waals surface area contributed by atoms with E-state index in [1.807, 2.05) is 0 Å². The molecule has 2 aliphatic rings. The maximum Gasteiger partial charge on any atom is 0.238 e. The number of nitrogens with zero attached hydrogens (tertiary/aromatic N) is 1. The van der Waals surface area contributed by atoms with Gasteiger partial charge in [0.2, 0.25) is 12.3 Å². The van der Waals surface area contributed by atoms with Crippen LogP contribution in [0.3, 0.4) is 0 Å². The summed E-state index contributed by atoms with van der Waals surface area (Å²) in [6.45, 7) is 2.03. The van der Waals surface area contributed by atoms with E-state index in [1.54, 1.807) is 17.0 Å². The Kier molecular flexibility index (Phi) is 6.31. The van der Waals surface area contributed by atoms with Crippen LogP contribution in [-0.4, -0.2) is 59.0 Å². The molecule has 0 aromatic heterocycles. The molecule has 4 unspecified atom stereocenters. The van der Waals surface area contributed by atoms with Gasteiger partial charge >= 0.3 is 0 Å². The predicted octanol–water partition coefficient (Wildman–Crippen LogP) is 0.507. The molecule has 1 aliphatic carbocycles. The Labute approximate surface area is 157 Å². The molecule has 8 heteroatoms. The average molecular weight is 382 g/mol. The van der Waals surface area contributed by atoms with Gasteiger partial charge in [0.1, 0.15) is 5.82 Å². The molecular formula is C19H27FN2O5. The van der Waals surface area contributed by atoms with E-state index < -0.39 is 18.6 Å². The number of hydrogen-bond acceptors (Lipinski definition) is 6. The molecule has 1 amide bonds. The summed E-state index contributed by atoms with van der Waals surface area (Å²) in [5.74, 6) is -0.342. The molecule has 3 rings (SSSR count). The van der Waals surface area contributed by atoms with Crippen molar-refractivity contribution in [3.05, 3.63) is 29.6 Å². The van der Waals surface area contributed by atoms with Gasteiger partial charge in [-0.25, -0.2) is 4.39 Å². The second kappa shape index (κ2) is 8.52. The van der Waals surface area contributed by atoms with Crippen molar-refractivity contribution in [2.45, 2.75) is 57.3 Å². The first-order valence-electron chi connectivity index (χ1n) is 9.32. The van der Waals surface area contributed by atoms with Gasteiger partial charge in [0.05, 0.1) is 24.9 Å². The number of carbonyl (C=O) groups is 1. The Morgan fingerprint density at radius 3 is 2.63 bits per heavy atom. The zero-order chi connectivity index (χ0) is 19.6. The van der Waals surface area contributed by atoms with Crippen LogP contribution in [0.25, 0.3) is 0 Å². The Hall–Kier alpha value is -1.74. The molecule has 150 valence electrons. The fourth-order valence-corrected chi connectivity index (χ4v) is 3.81. The molecule has 4 atom stereocenters. The highest BCUT2D eigenvalue weighted by molar-refractivity contribution is 5.72. The summed E-state index contributed by atoms with van der Waals surface area (Å²) in [4.78, 5) is 12.5. The summed E-state index contributed by atoms with van der Waals surface area (Å²) in [6.07, 6.45) is -0.572. The van der Waals surface area contributed by atoms with Gasteiger partial charge in [0, 0.05) is 19.2 Å². The van der Waals surface area contributed by atoms with E-state index in [0.717, 1.165) is 0 Å². The van der Waals surface area contributed by atoms with E-state index in [9.17, 15) is 24.5 Å². The number of aryl methyl sites for hydroxylation is 1. The minimum Gasteiger partial charge on any atom is -0.390 e. The third kappa shape index (κ3) is 4.95. The summed E-state index contributed by atoms with van der Waals surface area (Å²) < 4.78 is 19.9. The number of ether oxygens (including phenoxy) is 1. The summed E-state index contributed by atoms with van der Waals surface area (Å²) in [6, 6.07) is 4.81. The number of benzene rings is 1. The molecule has 1 aromatic carbocycles. The van der Waals surface area contributed by atoms with Crippen molar-refractivity contribution in [2.75, 3.05) is 18.0 Å². The number of amides is 1. The van der Waals surface area contributed by atoms with Crippen LogP contribution < -0.4 is 10.2 Å². The van der Waals surface area contributed by atoms with E-state index >= 15 is 0 Å². The number of carbonyl (C=O) groups excluding carboxylic acids is 1. The minimum atomic E-state index is -1.18. The third-order valence-electron chi connectivity index (χ3n) is 5.34. The first-order valence-corrected chi connectivity index (χ1v) is 9.32. The Morgan fingerprint density at radius 2 is 2.00 bits per heavy atom. The Morgan fingerprint density at radius 1 is 1.30 bits per heavy atom. The number of halogens is 1. The van der Waals surface area contributed by atoms with Crippen LogP contribution in [0.4, 0.5) is 10.1 Å². The van der Waals surface area contributed by atoms with Crippen molar-refractivity contribution in [3.8, 4) is 0 Å². The van der Waals surface area contributed by atoms with E-state index in [-0.39, 0.29) is 30.3 Å². The van der Waals surface area contributed by atoms with Gasteiger partial charge in [-0.05, 0) is 49.3 Å². The van der Waals surface area contributed by atoms with Crippen LogP contribution in [0.5, 0.6) is 0 Å². The highest BCUT2D eigenvalue weighted by Crippen LogP contribution is 2.31. The number of aliphatic hydroxyl groups excluding tert-OH is 3. The SMILES string of the molecule is CC(=O)NCC1CN(c2ccc(CCC3CC(O)C(O)C3)c(F)c2)C(O)O1. The molecule has 4 N–H and O–H groups in total. The van der Waals surface area contributed by atoms with E-state index in [4.69, 9.17) is 4.74 Å². The Balaban J connectivity index is 1.57. The molecule has 1 aliphatic heterocycles. The first kappa shape index (κ1) is 20.0. The van der Waals surface area contributed by atoms with Gasteiger partial charge < -0.3 is 30.3 Å². The maximum atomic E-state index is 14.5. The molecule has 1 saturated carbocycles. The number of rotatable bonds is 6.